The van der Waals surface area contributed by atoms with Crippen LogP contribution in [-0.4, -0.2) is 21.9 Å². The first-order valence-corrected chi connectivity index (χ1v) is 6.49. The maximum Gasteiger partial charge on any atom is 0.319 e. The molecule has 0 aromatic carbocycles. The van der Waals surface area contributed by atoms with Crippen molar-refractivity contribution in [2.75, 3.05) is 0 Å². The lowest BCUT2D eigenvalue weighted by atomic mass is 10.1. The fourth-order valence-corrected chi connectivity index (χ4v) is 2.10. The van der Waals surface area contributed by atoms with Crippen LogP contribution in [-0.2, 0) is 6.42 Å². The molecule has 2 aromatic heterocycles. The molecule has 0 radical (unpaired) electrons. The third-order valence-corrected chi connectivity index (χ3v) is 3.05. The zero-order chi connectivity index (χ0) is 15.4. The molecule has 1 N–H and O–H groups in total. The van der Waals surface area contributed by atoms with E-state index in [-0.39, 0.29) is 16.8 Å². The molecule has 2 rings (SSSR count). The summed E-state index contributed by atoms with van der Waals surface area (Å²) in [4.78, 5) is 26.0. The van der Waals surface area contributed by atoms with Gasteiger partial charge in [0.1, 0.15) is 11.3 Å². The van der Waals surface area contributed by atoms with Crippen molar-refractivity contribution in [3.05, 3.63) is 57.3 Å². The van der Waals surface area contributed by atoms with Gasteiger partial charge < -0.3 is 9.73 Å². The number of nitrogens with zero attached hydrogens (tertiary/aromatic N) is 2. The Labute approximate surface area is 125 Å². The van der Waals surface area contributed by atoms with Gasteiger partial charge in [0, 0.05) is 18.7 Å². The first-order valence-electron chi connectivity index (χ1n) is 6.11. The van der Waals surface area contributed by atoms with Gasteiger partial charge >= 0.3 is 5.69 Å². The highest BCUT2D eigenvalue weighted by molar-refractivity contribution is 6.32. The summed E-state index contributed by atoms with van der Waals surface area (Å²) in [5, 5.41) is 13.3. The normalized spacial score (nSPS) is 11.9. The molecule has 7 nitrogen and oxygen atoms in total. The average molecular weight is 310 g/mol. The van der Waals surface area contributed by atoms with Crippen molar-refractivity contribution < 1.29 is 14.1 Å². The standard InChI is InChI=1S/C13H12ClN3O4/c1-8(7-9-3-2-6-21-9)16-13(18)10-4-5-15-12(14)11(10)17(19)20/h2-6,8H,7H2,1H3,(H,16,18). The number of hydrogen-bond donors (Lipinski definition) is 1. The molecule has 0 spiro atoms. The highest BCUT2D eigenvalue weighted by Gasteiger charge is 2.25. The molecule has 0 bridgehead atoms. The van der Waals surface area contributed by atoms with E-state index in [2.05, 4.69) is 10.3 Å². The number of hydrogen-bond acceptors (Lipinski definition) is 5. The van der Waals surface area contributed by atoms with E-state index in [1.54, 1.807) is 19.1 Å². The molecule has 0 saturated heterocycles. The highest BCUT2D eigenvalue weighted by atomic mass is 35.5. The summed E-state index contributed by atoms with van der Waals surface area (Å²) in [5.41, 5.74) is -0.617. The molecule has 1 atom stereocenters. The number of amides is 1. The Hall–Kier alpha value is -2.41. The van der Waals surface area contributed by atoms with Gasteiger partial charge in [0.2, 0.25) is 5.15 Å². The minimum atomic E-state index is -0.721. The summed E-state index contributed by atoms with van der Waals surface area (Å²) >= 11 is 5.67. The van der Waals surface area contributed by atoms with Crippen LogP contribution in [0.5, 0.6) is 0 Å². The number of nitro groups is 1. The summed E-state index contributed by atoms with van der Waals surface area (Å²) in [6.45, 7) is 1.77. The first-order chi connectivity index (χ1) is 9.99. The van der Waals surface area contributed by atoms with Gasteiger partial charge in [0.15, 0.2) is 0 Å². The monoisotopic (exact) mass is 309 g/mol. The molecule has 1 amide bonds. The topological polar surface area (TPSA) is 98.3 Å². The van der Waals surface area contributed by atoms with Crippen molar-refractivity contribution in [1.82, 2.24) is 10.3 Å². The van der Waals surface area contributed by atoms with Crippen LogP contribution in [0.1, 0.15) is 23.0 Å². The highest BCUT2D eigenvalue weighted by Crippen LogP contribution is 2.25. The lowest BCUT2D eigenvalue weighted by molar-refractivity contribution is -0.385. The number of nitrogens with one attached hydrogen (secondary N) is 1. The first kappa shape index (κ1) is 15.0. The molecular weight excluding hydrogens is 298 g/mol. The van der Waals surface area contributed by atoms with Gasteiger partial charge in [0.25, 0.3) is 5.91 Å². The SMILES string of the molecule is CC(Cc1ccco1)NC(=O)c1ccnc(Cl)c1[N+](=O)[O-]. The predicted octanol–water partition coefficient (Wildman–Crippen LogP) is 2.60. The predicted molar refractivity (Wildman–Crippen MR) is 75.2 cm³/mol. The Morgan fingerprint density at radius 2 is 2.33 bits per heavy atom. The molecule has 0 aliphatic rings. The lowest BCUT2D eigenvalue weighted by Gasteiger charge is -2.12. The minimum Gasteiger partial charge on any atom is -0.469 e. The van der Waals surface area contributed by atoms with Crippen LogP contribution in [0.4, 0.5) is 5.69 Å². The lowest BCUT2D eigenvalue weighted by Crippen LogP contribution is -2.34. The average Bonchev–Trinajstić information content (AvgIpc) is 2.90. The molecule has 8 heteroatoms. The fraction of sp³-hybridized carbons (Fsp3) is 0.231. The smallest absolute Gasteiger partial charge is 0.319 e. The maximum atomic E-state index is 12.1. The molecule has 2 heterocycles. The molecule has 0 aliphatic carbocycles. The second-order valence-electron chi connectivity index (χ2n) is 4.41. The van der Waals surface area contributed by atoms with Crippen LogP contribution in [0.15, 0.2) is 35.1 Å². The Balaban J connectivity index is 2.13. The summed E-state index contributed by atoms with van der Waals surface area (Å²) < 4.78 is 5.18. The van der Waals surface area contributed by atoms with E-state index in [1.165, 1.54) is 18.5 Å². The van der Waals surface area contributed by atoms with Crippen LogP contribution in [0.2, 0.25) is 5.15 Å². The fourth-order valence-electron chi connectivity index (χ4n) is 1.87. The zero-order valence-electron chi connectivity index (χ0n) is 11.1. The van der Waals surface area contributed by atoms with Crippen LogP contribution in [0, 0.1) is 10.1 Å². The number of furan rings is 1. The third kappa shape index (κ3) is 3.57. The number of halogens is 1. The van der Waals surface area contributed by atoms with E-state index in [4.69, 9.17) is 16.0 Å². The van der Waals surface area contributed by atoms with E-state index < -0.39 is 16.5 Å². The van der Waals surface area contributed by atoms with Crippen molar-refractivity contribution in [3.8, 4) is 0 Å². The van der Waals surface area contributed by atoms with E-state index in [0.717, 1.165) is 0 Å². The molecule has 21 heavy (non-hydrogen) atoms. The zero-order valence-corrected chi connectivity index (χ0v) is 11.8. The Morgan fingerprint density at radius 3 is 2.95 bits per heavy atom. The number of pyridine rings is 1. The second kappa shape index (κ2) is 6.36. The van der Waals surface area contributed by atoms with Crippen LogP contribution in [0.25, 0.3) is 0 Å². The summed E-state index contributed by atoms with van der Waals surface area (Å²) in [7, 11) is 0. The van der Waals surface area contributed by atoms with Crippen molar-refractivity contribution in [2.24, 2.45) is 0 Å². The minimum absolute atomic E-state index is 0.119. The summed E-state index contributed by atoms with van der Waals surface area (Å²) in [5.74, 6) is 0.134. The van der Waals surface area contributed by atoms with E-state index in [1.807, 2.05) is 0 Å². The third-order valence-electron chi connectivity index (χ3n) is 2.77. The van der Waals surface area contributed by atoms with Crippen molar-refractivity contribution in [2.45, 2.75) is 19.4 Å². The second-order valence-corrected chi connectivity index (χ2v) is 4.77. The van der Waals surface area contributed by atoms with Gasteiger partial charge in [-0.05, 0) is 25.1 Å². The molecule has 0 fully saturated rings. The Bertz CT molecular complexity index is 657. The molecule has 0 aliphatic heterocycles. The van der Waals surface area contributed by atoms with E-state index >= 15 is 0 Å². The molecule has 2 aromatic rings. The van der Waals surface area contributed by atoms with Crippen LogP contribution in [0.3, 0.4) is 0 Å². The Kier molecular flexibility index (Phi) is 4.54. The van der Waals surface area contributed by atoms with Gasteiger partial charge in [-0.3, -0.25) is 14.9 Å². The van der Waals surface area contributed by atoms with Crippen molar-refractivity contribution >= 4 is 23.2 Å². The largest absolute Gasteiger partial charge is 0.469 e. The summed E-state index contributed by atoms with van der Waals surface area (Å²) in [6.07, 6.45) is 3.27. The van der Waals surface area contributed by atoms with Gasteiger partial charge in [-0.2, -0.15) is 0 Å². The van der Waals surface area contributed by atoms with Gasteiger partial charge in [0.05, 0.1) is 11.2 Å². The molecular formula is C13H12ClN3O4. The van der Waals surface area contributed by atoms with E-state index in [9.17, 15) is 14.9 Å². The quantitative estimate of drug-likeness (QED) is 0.520. The van der Waals surface area contributed by atoms with Crippen LogP contribution >= 0.6 is 11.6 Å². The Morgan fingerprint density at radius 1 is 1.57 bits per heavy atom. The number of carbonyl (C=O) groups is 1. The van der Waals surface area contributed by atoms with Gasteiger partial charge in [-0.15, -0.1) is 0 Å². The van der Waals surface area contributed by atoms with Gasteiger partial charge in [-0.25, -0.2) is 4.98 Å². The van der Waals surface area contributed by atoms with Gasteiger partial charge in [-0.1, -0.05) is 11.6 Å². The maximum absolute atomic E-state index is 12.1. The number of aromatic nitrogens is 1. The summed E-state index contributed by atoms with van der Waals surface area (Å²) in [6, 6.07) is 4.54. The number of carbonyl (C=O) groups excluding carboxylic acids is 1. The molecule has 110 valence electrons. The molecule has 1 unspecified atom stereocenters. The van der Waals surface area contributed by atoms with Crippen LogP contribution < -0.4 is 5.32 Å². The molecule has 0 saturated carbocycles. The number of rotatable bonds is 5. The van der Waals surface area contributed by atoms with E-state index in [0.29, 0.717) is 12.2 Å². The van der Waals surface area contributed by atoms with Crippen molar-refractivity contribution in [3.63, 3.8) is 0 Å². The van der Waals surface area contributed by atoms with Crippen molar-refractivity contribution in [1.29, 1.82) is 0 Å².